The molecule has 1 aromatic rings. The molecule has 1 saturated carbocycles. The van der Waals surface area contributed by atoms with Crippen molar-refractivity contribution in [3.63, 3.8) is 0 Å². The van der Waals surface area contributed by atoms with Crippen molar-refractivity contribution in [2.24, 2.45) is 10.9 Å². The SMILES string of the molecule is CCNC(=NCc1cccc(C)n1)NCCNC(=O)C1CC1. The summed E-state index contributed by atoms with van der Waals surface area (Å²) < 4.78 is 0. The summed E-state index contributed by atoms with van der Waals surface area (Å²) in [5.74, 6) is 1.17. The standard InChI is InChI=1S/C16H25N5O/c1-3-17-16(19-10-9-18-15(22)13-7-8-13)20-11-14-6-4-5-12(2)21-14/h4-6,13H,3,7-11H2,1-2H3,(H,18,22)(H2,17,19,20). The van der Waals surface area contributed by atoms with Gasteiger partial charge < -0.3 is 16.0 Å². The molecule has 22 heavy (non-hydrogen) atoms. The molecule has 0 aliphatic heterocycles. The number of aryl methyl sites for hydroxylation is 1. The molecule has 0 spiro atoms. The number of hydrogen-bond donors (Lipinski definition) is 3. The van der Waals surface area contributed by atoms with E-state index >= 15 is 0 Å². The molecule has 1 fully saturated rings. The van der Waals surface area contributed by atoms with Gasteiger partial charge in [0.1, 0.15) is 0 Å². The molecule has 0 unspecified atom stereocenters. The smallest absolute Gasteiger partial charge is 0.223 e. The maximum Gasteiger partial charge on any atom is 0.223 e. The Morgan fingerprint density at radius 3 is 2.73 bits per heavy atom. The zero-order valence-corrected chi connectivity index (χ0v) is 13.4. The Hall–Kier alpha value is -2.11. The Labute approximate surface area is 131 Å². The highest BCUT2D eigenvalue weighted by Crippen LogP contribution is 2.28. The van der Waals surface area contributed by atoms with Crippen LogP contribution in [0.3, 0.4) is 0 Å². The van der Waals surface area contributed by atoms with Gasteiger partial charge in [0, 0.05) is 31.2 Å². The summed E-state index contributed by atoms with van der Waals surface area (Å²) in [5, 5.41) is 9.33. The quantitative estimate of drug-likeness (QED) is 0.398. The van der Waals surface area contributed by atoms with Crippen molar-refractivity contribution >= 4 is 11.9 Å². The third-order valence-corrected chi connectivity index (χ3v) is 3.35. The molecule has 1 aliphatic carbocycles. The summed E-state index contributed by atoms with van der Waals surface area (Å²) >= 11 is 0. The van der Waals surface area contributed by atoms with E-state index in [0.717, 1.165) is 36.7 Å². The second-order valence-corrected chi connectivity index (χ2v) is 5.46. The van der Waals surface area contributed by atoms with E-state index in [-0.39, 0.29) is 11.8 Å². The van der Waals surface area contributed by atoms with E-state index in [9.17, 15) is 4.79 Å². The first kappa shape index (κ1) is 16.3. The van der Waals surface area contributed by atoms with Gasteiger partial charge in [-0.1, -0.05) is 6.07 Å². The first-order valence-electron chi connectivity index (χ1n) is 7.91. The highest BCUT2D eigenvalue weighted by atomic mass is 16.2. The number of carbonyl (C=O) groups is 1. The highest BCUT2D eigenvalue weighted by Gasteiger charge is 2.28. The lowest BCUT2D eigenvalue weighted by atomic mass is 10.3. The molecule has 0 aromatic carbocycles. The van der Waals surface area contributed by atoms with Gasteiger partial charge in [0.2, 0.25) is 5.91 Å². The summed E-state index contributed by atoms with van der Waals surface area (Å²) in [4.78, 5) is 20.5. The summed E-state index contributed by atoms with van der Waals surface area (Å²) in [5.41, 5.74) is 1.94. The second-order valence-electron chi connectivity index (χ2n) is 5.46. The maximum atomic E-state index is 11.5. The van der Waals surface area contributed by atoms with E-state index in [1.54, 1.807) is 0 Å². The van der Waals surface area contributed by atoms with Gasteiger partial charge in [0.05, 0.1) is 12.2 Å². The average Bonchev–Trinajstić information content (AvgIpc) is 3.33. The van der Waals surface area contributed by atoms with Crippen LogP contribution < -0.4 is 16.0 Å². The van der Waals surface area contributed by atoms with Gasteiger partial charge in [-0.3, -0.25) is 9.78 Å². The Morgan fingerprint density at radius 1 is 1.27 bits per heavy atom. The fourth-order valence-electron chi connectivity index (χ4n) is 2.05. The normalized spacial score (nSPS) is 14.5. The van der Waals surface area contributed by atoms with E-state index < -0.39 is 0 Å². The molecular weight excluding hydrogens is 278 g/mol. The van der Waals surface area contributed by atoms with E-state index in [2.05, 4.69) is 25.9 Å². The second kappa shape index (κ2) is 8.36. The van der Waals surface area contributed by atoms with Crippen LogP contribution >= 0.6 is 0 Å². The van der Waals surface area contributed by atoms with Crippen LogP contribution in [-0.2, 0) is 11.3 Å². The molecule has 1 amide bonds. The van der Waals surface area contributed by atoms with Gasteiger partial charge >= 0.3 is 0 Å². The number of guanidine groups is 1. The molecule has 0 bridgehead atoms. The molecule has 6 heteroatoms. The number of aromatic nitrogens is 1. The minimum Gasteiger partial charge on any atom is -0.357 e. The predicted molar refractivity (Wildman–Crippen MR) is 87.5 cm³/mol. The Kier molecular flexibility index (Phi) is 6.18. The third-order valence-electron chi connectivity index (χ3n) is 3.35. The first-order chi connectivity index (χ1) is 10.7. The van der Waals surface area contributed by atoms with Gasteiger partial charge in [-0.2, -0.15) is 0 Å². The molecule has 1 aromatic heterocycles. The van der Waals surface area contributed by atoms with Gasteiger partial charge in [-0.25, -0.2) is 4.99 Å². The summed E-state index contributed by atoms with van der Waals surface area (Å²) in [6.07, 6.45) is 2.07. The molecule has 120 valence electrons. The summed E-state index contributed by atoms with van der Waals surface area (Å²) in [6, 6.07) is 5.93. The number of pyridine rings is 1. The number of carbonyl (C=O) groups excluding carboxylic acids is 1. The molecule has 0 radical (unpaired) electrons. The average molecular weight is 303 g/mol. The fraction of sp³-hybridized carbons (Fsp3) is 0.562. The summed E-state index contributed by atoms with van der Waals surface area (Å²) in [7, 11) is 0. The number of amides is 1. The molecule has 6 nitrogen and oxygen atoms in total. The predicted octanol–water partition coefficient (Wildman–Crippen LogP) is 0.971. The van der Waals surface area contributed by atoms with Crippen LogP contribution in [0.4, 0.5) is 0 Å². The topological polar surface area (TPSA) is 78.4 Å². The van der Waals surface area contributed by atoms with Crippen molar-refractivity contribution in [1.82, 2.24) is 20.9 Å². The number of nitrogens with one attached hydrogen (secondary N) is 3. The first-order valence-corrected chi connectivity index (χ1v) is 7.91. The molecule has 1 aliphatic rings. The largest absolute Gasteiger partial charge is 0.357 e. The van der Waals surface area contributed by atoms with Crippen molar-refractivity contribution in [1.29, 1.82) is 0 Å². The van der Waals surface area contributed by atoms with E-state index in [4.69, 9.17) is 0 Å². The lowest BCUT2D eigenvalue weighted by Crippen LogP contribution is -2.41. The molecule has 1 heterocycles. The zero-order valence-electron chi connectivity index (χ0n) is 13.4. The van der Waals surface area contributed by atoms with Gasteiger partial charge in [0.15, 0.2) is 5.96 Å². The van der Waals surface area contributed by atoms with Crippen LogP contribution in [0.15, 0.2) is 23.2 Å². The maximum absolute atomic E-state index is 11.5. The van der Waals surface area contributed by atoms with Crippen molar-refractivity contribution in [3.05, 3.63) is 29.6 Å². The zero-order chi connectivity index (χ0) is 15.8. The van der Waals surface area contributed by atoms with Crippen LogP contribution in [0, 0.1) is 12.8 Å². The van der Waals surface area contributed by atoms with Gasteiger partial charge in [-0.15, -0.1) is 0 Å². The minimum atomic E-state index is 0.174. The summed E-state index contributed by atoms with van der Waals surface area (Å²) in [6.45, 7) is 6.59. The van der Waals surface area contributed by atoms with Crippen LogP contribution in [0.25, 0.3) is 0 Å². The fourth-order valence-corrected chi connectivity index (χ4v) is 2.05. The number of hydrogen-bond acceptors (Lipinski definition) is 3. The van der Waals surface area contributed by atoms with Crippen molar-refractivity contribution in [3.8, 4) is 0 Å². The molecule has 2 rings (SSSR count). The highest BCUT2D eigenvalue weighted by molar-refractivity contribution is 5.81. The molecule has 3 N–H and O–H groups in total. The van der Waals surface area contributed by atoms with Crippen LogP contribution in [0.2, 0.25) is 0 Å². The van der Waals surface area contributed by atoms with E-state index in [0.29, 0.717) is 19.6 Å². The third kappa shape index (κ3) is 5.71. The van der Waals surface area contributed by atoms with Gasteiger partial charge in [0.25, 0.3) is 0 Å². The lowest BCUT2D eigenvalue weighted by Gasteiger charge is -2.11. The van der Waals surface area contributed by atoms with Crippen molar-refractivity contribution in [2.75, 3.05) is 19.6 Å². The molecule has 0 atom stereocenters. The molecular formula is C16H25N5O. The number of aliphatic imine (C=N–C) groups is 1. The monoisotopic (exact) mass is 303 g/mol. The van der Waals surface area contributed by atoms with E-state index in [1.165, 1.54) is 0 Å². The Morgan fingerprint density at radius 2 is 2.05 bits per heavy atom. The van der Waals surface area contributed by atoms with E-state index in [1.807, 2.05) is 32.0 Å². The van der Waals surface area contributed by atoms with Crippen molar-refractivity contribution in [2.45, 2.75) is 33.2 Å². The van der Waals surface area contributed by atoms with Gasteiger partial charge in [-0.05, 0) is 38.8 Å². The molecule has 0 saturated heterocycles. The van der Waals surface area contributed by atoms with Crippen LogP contribution in [-0.4, -0.2) is 36.5 Å². The van der Waals surface area contributed by atoms with Crippen molar-refractivity contribution < 1.29 is 4.79 Å². The minimum absolute atomic E-state index is 0.174. The van der Waals surface area contributed by atoms with Crippen LogP contribution in [0.1, 0.15) is 31.2 Å². The number of rotatable bonds is 7. The lowest BCUT2D eigenvalue weighted by molar-refractivity contribution is -0.122. The Balaban J connectivity index is 1.75. The number of nitrogens with zero attached hydrogens (tertiary/aromatic N) is 2. The Bertz CT molecular complexity index is 525. The van der Waals surface area contributed by atoms with Crippen LogP contribution in [0.5, 0.6) is 0 Å².